The molecule has 0 aliphatic carbocycles. The fraction of sp³-hybridized carbons (Fsp3) is 0.222. The van der Waals surface area contributed by atoms with Crippen LogP contribution in [0.15, 0.2) is 53.6 Å². The maximum absolute atomic E-state index is 14.4. The van der Waals surface area contributed by atoms with Gasteiger partial charge in [-0.15, -0.1) is 0 Å². The molecule has 13 nitrogen and oxygen atoms in total. The summed E-state index contributed by atoms with van der Waals surface area (Å²) < 4.78 is 14.4. The number of nitrogen functional groups attached to an aromatic ring is 1. The number of aliphatic hydroxyl groups is 2. The van der Waals surface area contributed by atoms with Crippen LogP contribution in [0.4, 0.5) is 15.8 Å². The molecule has 0 bridgehead atoms. The molecule has 0 unspecified atom stereocenters. The van der Waals surface area contributed by atoms with E-state index in [-0.39, 0.29) is 53.8 Å². The Morgan fingerprint density at radius 3 is 2.71 bits per heavy atom. The highest BCUT2D eigenvalue weighted by Crippen LogP contribution is 2.30. The Kier molecular flexibility index (Phi) is 7.76. The molecule has 0 aliphatic rings. The summed E-state index contributed by atoms with van der Waals surface area (Å²) in [7, 11) is 0. The Hall–Kier alpha value is -5.08. The lowest BCUT2D eigenvalue weighted by Crippen LogP contribution is -2.29. The fourth-order valence-corrected chi connectivity index (χ4v) is 4.55. The van der Waals surface area contributed by atoms with E-state index >= 15 is 0 Å². The molecule has 3 aromatic heterocycles. The lowest BCUT2D eigenvalue weighted by atomic mass is 10.1. The maximum atomic E-state index is 14.4. The SMILES string of the molecule is Nc1c(-c2nc3ccc(C(=O)NCC[C@@H](O)C[C@@H](O)CC(=O)Nc4cn[nH]c4)cc3[nH]2)c(=O)[nH]c2cccc(F)c12. The van der Waals surface area contributed by atoms with E-state index in [1.165, 1.54) is 24.5 Å². The molecule has 0 saturated carbocycles. The van der Waals surface area contributed by atoms with Gasteiger partial charge in [0.25, 0.3) is 11.5 Å². The standard InChI is InChI=1S/C27H27FN8O5/c28-17-2-1-3-19-22(17)24(29)23(27(41)36-19)25-34-18-5-4-13(8-20(18)35-25)26(40)30-7-6-15(37)9-16(38)10-21(39)33-14-11-31-32-12-14/h1-5,8,11-12,15-16,37-38H,6-7,9-10H2,(H,30,40)(H,31,32)(H,33,39)(H,34,35)(H3,29,36,41)/t15-,16-/m1/s1. The van der Waals surface area contributed by atoms with Gasteiger partial charge in [-0.1, -0.05) is 6.07 Å². The van der Waals surface area contributed by atoms with Crippen molar-refractivity contribution in [1.82, 2.24) is 30.5 Å². The number of nitrogens with one attached hydrogen (secondary N) is 5. The van der Waals surface area contributed by atoms with Crippen LogP contribution in [0.25, 0.3) is 33.3 Å². The average Bonchev–Trinajstić information content (AvgIpc) is 3.57. The lowest BCUT2D eigenvalue weighted by Gasteiger charge is -2.15. The van der Waals surface area contributed by atoms with Gasteiger partial charge in [0.05, 0.1) is 58.1 Å². The van der Waals surface area contributed by atoms with E-state index in [0.717, 1.165) is 0 Å². The van der Waals surface area contributed by atoms with Crippen molar-refractivity contribution < 1.29 is 24.2 Å². The lowest BCUT2D eigenvalue weighted by molar-refractivity contribution is -0.118. The molecule has 0 radical (unpaired) electrons. The van der Waals surface area contributed by atoms with E-state index < -0.39 is 35.4 Å². The number of hydrogen-bond acceptors (Lipinski definition) is 8. The minimum atomic E-state index is -1.06. The first kappa shape index (κ1) is 27.5. The van der Waals surface area contributed by atoms with Gasteiger partial charge in [-0.25, -0.2) is 9.37 Å². The number of halogens is 1. The molecule has 2 aromatic carbocycles. The Morgan fingerprint density at radius 1 is 1.10 bits per heavy atom. The van der Waals surface area contributed by atoms with Gasteiger partial charge in [-0.2, -0.15) is 5.10 Å². The number of carbonyl (C=O) groups excluding carboxylic acids is 2. The van der Waals surface area contributed by atoms with Crippen LogP contribution < -0.4 is 21.9 Å². The van der Waals surface area contributed by atoms with E-state index in [2.05, 4.69) is 35.8 Å². The number of rotatable bonds is 10. The highest BCUT2D eigenvalue weighted by Gasteiger charge is 2.19. The molecule has 0 spiro atoms. The molecule has 2 atom stereocenters. The highest BCUT2D eigenvalue weighted by atomic mass is 19.1. The van der Waals surface area contributed by atoms with Gasteiger partial charge >= 0.3 is 0 Å². The monoisotopic (exact) mass is 562 g/mol. The fourth-order valence-electron chi connectivity index (χ4n) is 4.55. The summed E-state index contributed by atoms with van der Waals surface area (Å²) in [6.07, 6.45) is 0.822. The van der Waals surface area contributed by atoms with Gasteiger partial charge in [-0.3, -0.25) is 19.5 Å². The van der Waals surface area contributed by atoms with Crippen LogP contribution in [0.2, 0.25) is 0 Å². The molecule has 5 aromatic rings. The Bertz CT molecular complexity index is 1780. The molecule has 0 saturated heterocycles. The predicted molar refractivity (Wildman–Crippen MR) is 149 cm³/mol. The van der Waals surface area contributed by atoms with Crippen LogP contribution in [0.3, 0.4) is 0 Å². The predicted octanol–water partition coefficient (Wildman–Crippen LogP) is 1.78. The first-order valence-electron chi connectivity index (χ1n) is 12.7. The van der Waals surface area contributed by atoms with Crippen molar-refractivity contribution in [3.05, 3.63) is 70.5 Å². The number of imidazole rings is 1. The van der Waals surface area contributed by atoms with Crippen molar-refractivity contribution in [2.75, 3.05) is 17.6 Å². The van der Waals surface area contributed by atoms with E-state index in [4.69, 9.17) is 5.73 Å². The number of amides is 2. The number of aromatic nitrogens is 5. The van der Waals surface area contributed by atoms with Crippen LogP contribution in [-0.4, -0.2) is 65.9 Å². The van der Waals surface area contributed by atoms with Crippen molar-refractivity contribution in [1.29, 1.82) is 0 Å². The van der Waals surface area contributed by atoms with Crippen molar-refractivity contribution in [3.8, 4) is 11.4 Å². The van der Waals surface area contributed by atoms with E-state index in [0.29, 0.717) is 22.3 Å². The Morgan fingerprint density at radius 2 is 1.93 bits per heavy atom. The number of nitrogens with two attached hydrogens (primary N) is 1. The zero-order chi connectivity index (χ0) is 29.1. The van der Waals surface area contributed by atoms with Gasteiger partial charge in [0.1, 0.15) is 17.2 Å². The third-order valence-electron chi connectivity index (χ3n) is 6.52. The molecule has 0 fully saturated rings. The topological polar surface area (TPSA) is 215 Å². The number of fused-ring (bicyclic) bond motifs is 2. The summed E-state index contributed by atoms with van der Waals surface area (Å²) in [4.78, 5) is 47.4. The third kappa shape index (κ3) is 6.08. The second-order valence-electron chi connectivity index (χ2n) is 9.55. The quantitative estimate of drug-likeness (QED) is 0.125. The summed E-state index contributed by atoms with van der Waals surface area (Å²) in [5, 5.41) is 31.9. The molecule has 3 heterocycles. The Labute approximate surface area is 231 Å². The normalized spacial score (nSPS) is 12.9. The summed E-state index contributed by atoms with van der Waals surface area (Å²) in [5.74, 6) is -1.29. The van der Waals surface area contributed by atoms with Crippen LogP contribution >= 0.6 is 0 Å². The van der Waals surface area contributed by atoms with Gasteiger partial charge in [0.15, 0.2) is 0 Å². The number of H-pyrrole nitrogens is 3. The molecule has 14 heteroatoms. The first-order valence-corrected chi connectivity index (χ1v) is 12.7. The van der Waals surface area contributed by atoms with Gasteiger partial charge < -0.3 is 36.5 Å². The van der Waals surface area contributed by atoms with Crippen LogP contribution in [0.1, 0.15) is 29.6 Å². The summed E-state index contributed by atoms with van der Waals surface area (Å²) in [6.45, 7) is 0.120. The van der Waals surface area contributed by atoms with E-state index in [9.17, 15) is 29.0 Å². The maximum Gasteiger partial charge on any atom is 0.261 e. The number of pyridine rings is 1. The largest absolute Gasteiger partial charge is 0.397 e. The second-order valence-corrected chi connectivity index (χ2v) is 9.55. The van der Waals surface area contributed by atoms with Crippen molar-refractivity contribution >= 4 is 45.1 Å². The number of carbonyl (C=O) groups is 2. The Balaban J connectivity index is 1.19. The first-order chi connectivity index (χ1) is 19.7. The number of hydrogen-bond donors (Lipinski definition) is 8. The average molecular weight is 563 g/mol. The molecule has 212 valence electrons. The minimum Gasteiger partial charge on any atom is -0.397 e. The highest BCUT2D eigenvalue weighted by molar-refractivity contribution is 6.00. The zero-order valence-corrected chi connectivity index (χ0v) is 21.6. The van der Waals surface area contributed by atoms with E-state index in [1.54, 1.807) is 24.3 Å². The molecule has 0 aliphatic heterocycles. The number of aromatic amines is 3. The summed E-state index contributed by atoms with van der Waals surface area (Å²) >= 11 is 0. The van der Waals surface area contributed by atoms with Crippen molar-refractivity contribution in [3.63, 3.8) is 0 Å². The molecule has 5 rings (SSSR count). The van der Waals surface area contributed by atoms with Gasteiger partial charge in [0.2, 0.25) is 5.91 Å². The van der Waals surface area contributed by atoms with Crippen molar-refractivity contribution in [2.45, 2.75) is 31.5 Å². The molecular weight excluding hydrogens is 535 g/mol. The molecule has 2 amide bonds. The zero-order valence-electron chi connectivity index (χ0n) is 21.6. The van der Waals surface area contributed by atoms with Crippen LogP contribution in [0, 0.1) is 5.82 Å². The molecular formula is C27H27FN8O5. The van der Waals surface area contributed by atoms with Crippen molar-refractivity contribution in [2.24, 2.45) is 0 Å². The number of anilines is 2. The molecule has 9 N–H and O–H groups in total. The smallest absolute Gasteiger partial charge is 0.261 e. The van der Waals surface area contributed by atoms with Crippen LogP contribution in [0.5, 0.6) is 0 Å². The summed E-state index contributed by atoms with van der Waals surface area (Å²) in [5.41, 5.74) is 7.51. The second kappa shape index (κ2) is 11.6. The van der Waals surface area contributed by atoms with Crippen LogP contribution in [-0.2, 0) is 4.79 Å². The van der Waals surface area contributed by atoms with Gasteiger partial charge in [0, 0.05) is 18.3 Å². The number of benzene rings is 2. The van der Waals surface area contributed by atoms with Gasteiger partial charge in [-0.05, 0) is 43.2 Å². The molecule has 41 heavy (non-hydrogen) atoms. The number of nitrogens with zero attached hydrogens (tertiary/aromatic N) is 2. The van der Waals surface area contributed by atoms with E-state index in [1.807, 2.05) is 0 Å². The number of aliphatic hydroxyl groups excluding tert-OH is 2. The third-order valence-corrected chi connectivity index (χ3v) is 6.52. The summed E-state index contributed by atoms with van der Waals surface area (Å²) in [6, 6.07) is 8.95. The minimum absolute atomic E-state index is 0.0139.